The van der Waals surface area contributed by atoms with Crippen LogP contribution in [0.5, 0.6) is 5.75 Å². The molecular formula is C22H23IN2O5. The Bertz CT molecular complexity index is 945. The zero-order valence-electron chi connectivity index (χ0n) is 16.9. The van der Waals surface area contributed by atoms with Crippen molar-refractivity contribution in [1.82, 2.24) is 4.90 Å². The zero-order valence-corrected chi connectivity index (χ0v) is 19.0. The molecule has 30 heavy (non-hydrogen) atoms. The van der Waals surface area contributed by atoms with Crippen LogP contribution >= 0.6 is 22.6 Å². The first-order valence-electron chi connectivity index (χ1n) is 9.60. The van der Waals surface area contributed by atoms with Crippen LogP contribution in [0.15, 0.2) is 42.5 Å². The van der Waals surface area contributed by atoms with Crippen molar-refractivity contribution in [2.45, 2.75) is 19.9 Å². The molecule has 0 fully saturated rings. The molecule has 0 unspecified atom stereocenters. The molecule has 2 aromatic carbocycles. The second-order valence-corrected chi connectivity index (χ2v) is 8.02. The van der Waals surface area contributed by atoms with Gasteiger partial charge in [-0.25, -0.2) is 0 Å². The molecule has 1 heterocycles. The Morgan fingerprint density at radius 1 is 1.13 bits per heavy atom. The molecule has 2 aromatic rings. The summed E-state index contributed by atoms with van der Waals surface area (Å²) >= 11 is 2.14. The van der Waals surface area contributed by atoms with Gasteiger partial charge in [0.25, 0.3) is 5.91 Å². The largest absolute Gasteiger partial charge is 0.497 e. The van der Waals surface area contributed by atoms with Crippen molar-refractivity contribution < 1.29 is 23.9 Å². The van der Waals surface area contributed by atoms with Crippen molar-refractivity contribution in [2.75, 3.05) is 31.7 Å². The average molecular weight is 522 g/mol. The number of rotatable bonds is 7. The number of hydrogen-bond donors (Lipinski definition) is 0. The van der Waals surface area contributed by atoms with Gasteiger partial charge >= 0.3 is 5.97 Å². The van der Waals surface area contributed by atoms with E-state index in [1.807, 2.05) is 30.3 Å². The predicted octanol–water partition coefficient (Wildman–Crippen LogP) is 3.24. The lowest BCUT2D eigenvalue weighted by atomic mass is 10.1. The number of carbonyl (C=O) groups is 3. The molecule has 1 aliphatic heterocycles. The van der Waals surface area contributed by atoms with E-state index in [1.54, 1.807) is 31.1 Å². The lowest BCUT2D eigenvalue weighted by molar-refractivity contribution is -0.143. The lowest BCUT2D eigenvalue weighted by Crippen LogP contribution is -2.40. The van der Waals surface area contributed by atoms with Crippen molar-refractivity contribution in [3.63, 3.8) is 0 Å². The average Bonchev–Trinajstić information content (AvgIpc) is 2.83. The Hall–Kier alpha value is -2.62. The van der Waals surface area contributed by atoms with Crippen LogP contribution in [0, 0.1) is 3.57 Å². The van der Waals surface area contributed by atoms with Gasteiger partial charge in [0.2, 0.25) is 5.91 Å². The maximum atomic E-state index is 13.2. The highest BCUT2D eigenvalue weighted by atomic mass is 127. The monoisotopic (exact) mass is 522 g/mol. The van der Waals surface area contributed by atoms with E-state index in [1.165, 1.54) is 4.90 Å². The van der Waals surface area contributed by atoms with Gasteiger partial charge in [-0.15, -0.1) is 0 Å². The van der Waals surface area contributed by atoms with Gasteiger partial charge in [0.15, 0.2) is 0 Å². The SMILES string of the molecule is CCOC(=O)CCN1CC(=O)N(Cc2ccc(OC)cc2)c2ccc(I)cc2C1=O. The summed E-state index contributed by atoms with van der Waals surface area (Å²) in [5.74, 6) is -0.127. The predicted molar refractivity (Wildman–Crippen MR) is 120 cm³/mol. The molecule has 158 valence electrons. The molecule has 0 aliphatic carbocycles. The third-order valence-electron chi connectivity index (χ3n) is 4.79. The van der Waals surface area contributed by atoms with Crippen LogP contribution in [-0.4, -0.2) is 49.5 Å². The van der Waals surface area contributed by atoms with Crippen LogP contribution in [0.3, 0.4) is 0 Å². The zero-order chi connectivity index (χ0) is 21.7. The number of amides is 2. The smallest absolute Gasteiger partial charge is 0.307 e. The Morgan fingerprint density at radius 3 is 2.53 bits per heavy atom. The van der Waals surface area contributed by atoms with Gasteiger partial charge in [-0.3, -0.25) is 14.4 Å². The number of hydrogen-bond acceptors (Lipinski definition) is 5. The quantitative estimate of drug-likeness (QED) is 0.413. The number of esters is 1. The molecule has 0 N–H and O–H groups in total. The molecule has 7 nitrogen and oxygen atoms in total. The number of halogens is 1. The first-order valence-corrected chi connectivity index (χ1v) is 10.7. The second-order valence-electron chi connectivity index (χ2n) is 6.77. The number of nitrogens with zero attached hydrogens (tertiary/aromatic N) is 2. The van der Waals surface area contributed by atoms with Crippen LogP contribution in [-0.2, 0) is 20.9 Å². The normalized spacial score (nSPS) is 13.7. The summed E-state index contributed by atoms with van der Waals surface area (Å²) in [4.78, 5) is 41.1. The molecule has 0 atom stereocenters. The van der Waals surface area contributed by atoms with Gasteiger partial charge in [0, 0.05) is 10.1 Å². The molecule has 1 aliphatic rings. The minimum Gasteiger partial charge on any atom is -0.497 e. The molecule has 0 spiro atoms. The summed E-state index contributed by atoms with van der Waals surface area (Å²) in [6, 6.07) is 12.9. The first kappa shape index (κ1) is 22.1. The molecule has 8 heteroatoms. The number of benzene rings is 2. The van der Waals surface area contributed by atoms with Crippen molar-refractivity contribution in [2.24, 2.45) is 0 Å². The second kappa shape index (κ2) is 9.92. The lowest BCUT2D eigenvalue weighted by Gasteiger charge is -2.23. The number of anilines is 1. The summed E-state index contributed by atoms with van der Waals surface area (Å²) in [7, 11) is 1.60. The first-order chi connectivity index (χ1) is 14.4. The highest BCUT2D eigenvalue weighted by Gasteiger charge is 2.32. The Morgan fingerprint density at radius 2 is 1.87 bits per heavy atom. The Kier molecular flexibility index (Phi) is 7.30. The van der Waals surface area contributed by atoms with Crippen molar-refractivity contribution in [1.29, 1.82) is 0 Å². The molecule has 0 saturated heterocycles. The van der Waals surface area contributed by atoms with E-state index in [0.29, 0.717) is 17.8 Å². The van der Waals surface area contributed by atoms with Crippen LogP contribution in [0.25, 0.3) is 0 Å². The number of methoxy groups -OCH3 is 1. The summed E-state index contributed by atoms with van der Waals surface area (Å²) in [5, 5.41) is 0. The van der Waals surface area contributed by atoms with Gasteiger partial charge in [-0.1, -0.05) is 12.1 Å². The third-order valence-corrected chi connectivity index (χ3v) is 5.46. The van der Waals surface area contributed by atoms with E-state index in [0.717, 1.165) is 14.9 Å². The van der Waals surface area contributed by atoms with Gasteiger partial charge in [-0.2, -0.15) is 0 Å². The fraction of sp³-hybridized carbons (Fsp3) is 0.318. The maximum Gasteiger partial charge on any atom is 0.307 e. The maximum absolute atomic E-state index is 13.2. The van der Waals surface area contributed by atoms with E-state index in [9.17, 15) is 14.4 Å². The fourth-order valence-electron chi connectivity index (χ4n) is 3.27. The minimum absolute atomic E-state index is 0.0462. The van der Waals surface area contributed by atoms with Gasteiger partial charge in [0.1, 0.15) is 12.3 Å². The molecule has 3 rings (SSSR count). The Balaban J connectivity index is 1.89. The number of carbonyl (C=O) groups excluding carboxylic acids is 3. The van der Waals surface area contributed by atoms with Gasteiger partial charge < -0.3 is 19.3 Å². The van der Waals surface area contributed by atoms with E-state index in [-0.39, 0.29) is 43.9 Å². The van der Waals surface area contributed by atoms with E-state index < -0.39 is 0 Å². The topological polar surface area (TPSA) is 76.2 Å². The third kappa shape index (κ3) is 5.10. The van der Waals surface area contributed by atoms with E-state index >= 15 is 0 Å². The summed E-state index contributed by atoms with van der Waals surface area (Å²) in [5.41, 5.74) is 1.94. The van der Waals surface area contributed by atoms with Crippen molar-refractivity contribution in [3.05, 3.63) is 57.2 Å². The molecule has 0 bridgehead atoms. The van der Waals surface area contributed by atoms with Crippen molar-refractivity contribution in [3.8, 4) is 5.75 Å². The molecule has 2 amide bonds. The van der Waals surface area contributed by atoms with Gasteiger partial charge in [-0.05, 0) is 65.4 Å². The summed E-state index contributed by atoms with van der Waals surface area (Å²) in [6.07, 6.45) is 0.0462. The van der Waals surface area contributed by atoms with Crippen LogP contribution in [0.2, 0.25) is 0 Å². The van der Waals surface area contributed by atoms with E-state index in [2.05, 4.69) is 22.6 Å². The minimum atomic E-state index is -0.389. The number of ether oxygens (including phenoxy) is 2. The Labute approximate surface area is 189 Å². The van der Waals surface area contributed by atoms with Gasteiger partial charge in [0.05, 0.1) is 37.9 Å². The summed E-state index contributed by atoms with van der Waals surface area (Å²) in [6.45, 7) is 2.37. The van der Waals surface area contributed by atoms with E-state index in [4.69, 9.17) is 9.47 Å². The van der Waals surface area contributed by atoms with Crippen LogP contribution in [0.4, 0.5) is 5.69 Å². The molecule has 0 saturated carbocycles. The molecular weight excluding hydrogens is 499 g/mol. The molecule has 0 aromatic heterocycles. The highest BCUT2D eigenvalue weighted by molar-refractivity contribution is 14.1. The highest BCUT2D eigenvalue weighted by Crippen LogP contribution is 2.29. The summed E-state index contributed by atoms with van der Waals surface area (Å²) < 4.78 is 11.0. The fourth-order valence-corrected chi connectivity index (χ4v) is 3.76. The van der Waals surface area contributed by atoms with Crippen LogP contribution in [0.1, 0.15) is 29.3 Å². The number of fused-ring (bicyclic) bond motifs is 1. The standard InChI is InChI=1S/C22H23IN2O5/c1-3-30-21(27)10-11-24-14-20(26)25(13-15-4-7-17(29-2)8-5-15)19-9-6-16(23)12-18(19)22(24)28/h4-9,12H,3,10-11,13-14H2,1-2H3. The van der Waals surface area contributed by atoms with Crippen LogP contribution < -0.4 is 9.64 Å². The molecule has 0 radical (unpaired) electrons. The van der Waals surface area contributed by atoms with Crippen molar-refractivity contribution >= 4 is 46.1 Å².